The molecular weight excluding hydrogens is 316 g/mol. The summed E-state index contributed by atoms with van der Waals surface area (Å²) >= 11 is 3.33. The molecule has 1 aromatic rings. The standard InChI is InChI=1S/C12H19BrN2O2S/c1-8-9(13)6-15-11(14-5)10(8)18(16,17)7-12(2,3)4/h6H,7H2,1-5H3,(H,14,15). The second kappa shape index (κ2) is 5.17. The summed E-state index contributed by atoms with van der Waals surface area (Å²) < 4.78 is 25.7. The van der Waals surface area contributed by atoms with Gasteiger partial charge in [-0.1, -0.05) is 20.8 Å². The summed E-state index contributed by atoms with van der Waals surface area (Å²) in [7, 11) is -1.70. The molecule has 0 aliphatic rings. The Morgan fingerprint density at radius 1 is 1.39 bits per heavy atom. The topological polar surface area (TPSA) is 59.1 Å². The minimum absolute atomic E-state index is 0.0909. The van der Waals surface area contributed by atoms with Crippen molar-refractivity contribution in [1.82, 2.24) is 4.98 Å². The molecule has 0 aromatic carbocycles. The molecule has 0 bridgehead atoms. The summed E-state index contributed by atoms with van der Waals surface area (Å²) in [5.41, 5.74) is 0.400. The van der Waals surface area contributed by atoms with Gasteiger partial charge in [0, 0.05) is 17.7 Å². The van der Waals surface area contributed by atoms with E-state index in [1.807, 2.05) is 20.8 Å². The van der Waals surface area contributed by atoms with Gasteiger partial charge in [0.2, 0.25) is 0 Å². The van der Waals surface area contributed by atoms with Crippen LogP contribution in [0.3, 0.4) is 0 Å². The molecule has 1 heterocycles. The summed E-state index contributed by atoms with van der Waals surface area (Å²) in [6.07, 6.45) is 1.61. The lowest BCUT2D eigenvalue weighted by Crippen LogP contribution is -2.22. The van der Waals surface area contributed by atoms with Gasteiger partial charge >= 0.3 is 0 Å². The fourth-order valence-electron chi connectivity index (χ4n) is 1.76. The zero-order chi connectivity index (χ0) is 14.1. The van der Waals surface area contributed by atoms with Gasteiger partial charge in [-0.3, -0.25) is 0 Å². The van der Waals surface area contributed by atoms with E-state index >= 15 is 0 Å². The Bertz CT molecular complexity index is 548. The van der Waals surface area contributed by atoms with Crippen LogP contribution in [0.5, 0.6) is 0 Å². The summed E-state index contributed by atoms with van der Waals surface area (Å²) in [4.78, 5) is 4.40. The number of hydrogen-bond donors (Lipinski definition) is 1. The van der Waals surface area contributed by atoms with Crippen LogP contribution in [0.1, 0.15) is 26.3 Å². The van der Waals surface area contributed by atoms with Crippen molar-refractivity contribution >= 4 is 31.6 Å². The molecule has 102 valence electrons. The number of pyridine rings is 1. The molecule has 4 nitrogen and oxygen atoms in total. The van der Waals surface area contributed by atoms with E-state index in [1.165, 1.54) is 0 Å². The van der Waals surface area contributed by atoms with Crippen molar-refractivity contribution in [3.05, 3.63) is 16.2 Å². The number of nitrogens with one attached hydrogen (secondary N) is 1. The van der Waals surface area contributed by atoms with Crippen LogP contribution in [0.25, 0.3) is 0 Å². The van der Waals surface area contributed by atoms with Gasteiger partial charge in [0.05, 0.1) is 5.75 Å². The molecule has 1 aromatic heterocycles. The molecule has 1 rings (SSSR count). The first-order valence-corrected chi connectivity index (χ1v) is 8.08. The molecule has 0 saturated carbocycles. The van der Waals surface area contributed by atoms with E-state index in [9.17, 15) is 8.42 Å². The molecule has 0 unspecified atom stereocenters. The highest BCUT2D eigenvalue weighted by Gasteiger charge is 2.28. The van der Waals surface area contributed by atoms with Gasteiger partial charge in [-0.2, -0.15) is 0 Å². The van der Waals surface area contributed by atoms with Crippen molar-refractivity contribution in [1.29, 1.82) is 0 Å². The number of aromatic nitrogens is 1. The van der Waals surface area contributed by atoms with Crippen LogP contribution in [0.2, 0.25) is 0 Å². The van der Waals surface area contributed by atoms with Crippen molar-refractivity contribution in [3.63, 3.8) is 0 Å². The zero-order valence-electron chi connectivity index (χ0n) is 11.3. The van der Waals surface area contributed by atoms with Gasteiger partial charge in [0.15, 0.2) is 9.84 Å². The van der Waals surface area contributed by atoms with Gasteiger partial charge < -0.3 is 5.32 Å². The SMILES string of the molecule is CNc1ncc(Br)c(C)c1S(=O)(=O)CC(C)(C)C. The third-order valence-electron chi connectivity index (χ3n) is 2.39. The third kappa shape index (κ3) is 3.45. The molecule has 0 saturated heterocycles. The Kier molecular flexibility index (Phi) is 4.43. The molecule has 1 N–H and O–H groups in total. The minimum atomic E-state index is -3.37. The Morgan fingerprint density at radius 2 is 1.94 bits per heavy atom. The maximum atomic E-state index is 12.5. The summed E-state index contributed by atoms with van der Waals surface area (Å²) in [5.74, 6) is 0.494. The molecular formula is C12H19BrN2O2S. The third-order valence-corrected chi connectivity index (χ3v) is 5.56. The Morgan fingerprint density at radius 3 is 2.39 bits per heavy atom. The fourth-order valence-corrected chi connectivity index (χ4v) is 4.51. The average molecular weight is 335 g/mol. The van der Waals surface area contributed by atoms with Crippen LogP contribution in [0.15, 0.2) is 15.6 Å². The smallest absolute Gasteiger partial charge is 0.182 e. The van der Waals surface area contributed by atoms with Crippen molar-refractivity contribution in [2.75, 3.05) is 18.1 Å². The van der Waals surface area contributed by atoms with E-state index in [0.29, 0.717) is 15.9 Å². The number of nitrogens with zero attached hydrogens (tertiary/aromatic N) is 1. The van der Waals surface area contributed by atoms with E-state index in [-0.39, 0.29) is 16.1 Å². The first-order valence-electron chi connectivity index (χ1n) is 5.64. The highest BCUT2D eigenvalue weighted by Crippen LogP contribution is 2.32. The van der Waals surface area contributed by atoms with Crippen LogP contribution in [-0.4, -0.2) is 26.2 Å². The quantitative estimate of drug-likeness (QED) is 0.922. The molecule has 0 aliphatic heterocycles. The number of rotatable bonds is 3. The highest BCUT2D eigenvalue weighted by molar-refractivity contribution is 9.10. The number of anilines is 1. The molecule has 18 heavy (non-hydrogen) atoms. The van der Waals surface area contributed by atoms with E-state index in [0.717, 1.165) is 0 Å². The van der Waals surface area contributed by atoms with Gasteiger partial charge in [-0.15, -0.1) is 0 Å². The summed E-state index contributed by atoms with van der Waals surface area (Å²) in [6, 6.07) is 0. The maximum Gasteiger partial charge on any atom is 0.182 e. The Balaban J connectivity index is 3.45. The van der Waals surface area contributed by atoms with Crippen molar-refractivity contribution < 1.29 is 8.42 Å². The minimum Gasteiger partial charge on any atom is -0.372 e. The lowest BCUT2D eigenvalue weighted by molar-refractivity contribution is 0.461. The normalized spacial score (nSPS) is 12.6. The first-order chi connectivity index (χ1) is 8.08. The summed E-state index contributed by atoms with van der Waals surface area (Å²) in [5, 5.41) is 2.84. The Labute approximate surface area is 117 Å². The van der Waals surface area contributed by atoms with E-state index < -0.39 is 9.84 Å². The second-order valence-electron chi connectivity index (χ2n) is 5.48. The van der Waals surface area contributed by atoms with Gasteiger partial charge in [-0.25, -0.2) is 13.4 Å². The largest absolute Gasteiger partial charge is 0.372 e. The van der Waals surface area contributed by atoms with Gasteiger partial charge in [0.1, 0.15) is 10.7 Å². The monoisotopic (exact) mass is 334 g/mol. The predicted molar refractivity (Wildman–Crippen MR) is 77.7 cm³/mol. The van der Waals surface area contributed by atoms with E-state index in [2.05, 4.69) is 26.2 Å². The molecule has 6 heteroatoms. The zero-order valence-corrected chi connectivity index (χ0v) is 13.7. The molecule has 0 radical (unpaired) electrons. The van der Waals surface area contributed by atoms with Gasteiger partial charge in [0.25, 0.3) is 0 Å². The first kappa shape index (κ1) is 15.4. The average Bonchev–Trinajstić information content (AvgIpc) is 2.17. The van der Waals surface area contributed by atoms with Crippen molar-refractivity contribution in [2.24, 2.45) is 5.41 Å². The van der Waals surface area contributed by atoms with Crippen LogP contribution in [-0.2, 0) is 9.84 Å². The van der Waals surface area contributed by atoms with Gasteiger partial charge in [-0.05, 0) is 33.8 Å². The summed E-state index contributed by atoms with van der Waals surface area (Å²) in [6.45, 7) is 7.50. The number of sulfone groups is 1. The van der Waals surface area contributed by atoms with Crippen molar-refractivity contribution in [3.8, 4) is 0 Å². The van der Waals surface area contributed by atoms with Crippen LogP contribution >= 0.6 is 15.9 Å². The fraction of sp³-hybridized carbons (Fsp3) is 0.583. The second-order valence-corrected chi connectivity index (χ2v) is 8.26. The van der Waals surface area contributed by atoms with Crippen LogP contribution < -0.4 is 5.32 Å². The molecule has 0 aliphatic carbocycles. The van der Waals surface area contributed by atoms with E-state index in [4.69, 9.17) is 0 Å². The molecule has 0 fully saturated rings. The van der Waals surface area contributed by atoms with Crippen molar-refractivity contribution in [2.45, 2.75) is 32.6 Å². The number of hydrogen-bond acceptors (Lipinski definition) is 4. The van der Waals surface area contributed by atoms with Crippen LogP contribution in [0.4, 0.5) is 5.82 Å². The van der Waals surface area contributed by atoms with Crippen LogP contribution in [0, 0.1) is 12.3 Å². The predicted octanol–water partition coefficient (Wildman–Crippen LogP) is 3.01. The van der Waals surface area contributed by atoms with E-state index in [1.54, 1.807) is 20.2 Å². The molecule has 0 atom stereocenters. The lowest BCUT2D eigenvalue weighted by atomic mass is 10.0. The maximum absolute atomic E-state index is 12.5. The molecule has 0 amide bonds. The lowest BCUT2D eigenvalue weighted by Gasteiger charge is -2.20. The number of halogens is 1. The Hall–Kier alpha value is -0.620. The molecule has 0 spiro atoms. The highest BCUT2D eigenvalue weighted by atomic mass is 79.9.